The second-order valence-electron chi connectivity index (χ2n) is 4.34. The van der Waals surface area contributed by atoms with E-state index in [2.05, 4.69) is 0 Å². The zero-order chi connectivity index (χ0) is 13.1. The van der Waals surface area contributed by atoms with Gasteiger partial charge in [0.15, 0.2) is 3.79 Å². The van der Waals surface area contributed by atoms with E-state index in [1.165, 1.54) is 19.3 Å². The Morgan fingerprint density at radius 1 is 0.824 bits per heavy atom. The van der Waals surface area contributed by atoms with E-state index in [1.54, 1.807) is 0 Å². The lowest BCUT2D eigenvalue weighted by Crippen LogP contribution is -2.00. The minimum Gasteiger partial charge on any atom is -0.481 e. The fraction of sp³-hybridized carbons (Fsp3) is 0.917. The Bertz CT molecular complexity index is 202. The third kappa shape index (κ3) is 16.3. The molecule has 0 radical (unpaired) electrons. The standard InChI is InChI=1S/C12H21Cl3O2/c13-12(14,15)10-8-6-4-2-1-3-5-7-9-11(16)17/h1-10H2,(H,16,17). The highest BCUT2D eigenvalue weighted by Crippen LogP contribution is 2.32. The first kappa shape index (κ1) is 17.3. The van der Waals surface area contributed by atoms with Gasteiger partial charge in [0, 0.05) is 6.42 Å². The molecule has 0 fully saturated rings. The molecule has 1 N–H and O–H groups in total. The number of hydrogen-bond donors (Lipinski definition) is 1. The summed E-state index contributed by atoms with van der Waals surface area (Å²) in [5, 5.41) is 8.45. The third-order valence-electron chi connectivity index (χ3n) is 2.60. The molecule has 0 spiro atoms. The number of alkyl halides is 3. The molecule has 0 aliphatic carbocycles. The largest absolute Gasteiger partial charge is 0.481 e. The lowest BCUT2D eigenvalue weighted by molar-refractivity contribution is -0.137. The quantitative estimate of drug-likeness (QED) is 0.437. The van der Waals surface area contributed by atoms with E-state index >= 15 is 0 Å². The topological polar surface area (TPSA) is 37.3 Å². The SMILES string of the molecule is O=C(O)CCCCCCCCCCC(Cl)(Cl)Cl. The lowest BCUT2D eigenvalue weighted by Gasteiger charge is -2.09. The van der Waals surface area contributed by atoms with Gasteiger partial charge >= 0.3 is 5.97 Å². The van der Waals surface area contributed by atoms with Crippen LogP contribution >= 0.6 is 34.8 Å². The summed E-state index contributed by atoms with van der Waals surface area (Å²) in [7, 11) is 0. The van der Waals surface area contributed by atoms with Crippen LogP contribution in [0.2, 0.25) is 0 Å². The van der Waals surface area contributed by atoms with Crippen LogP contribution in [-0.4, -0.2) is 14.9 Å². The first-order valence-corrected chi connectivity index (χ1v) is 7.34. The number of carbonyl (C=O) groups is 1. The van der Waals surface area contributed by atoms with Crippen molar-refractivity contribution in [3.63, 3.8) is 0 Å². The van der Waals surface area contributed by atoms with E-state index < -0.39 is 9.76 Å². The number of halogens is 3. The van der Waals surface area contributed by atoms with Crippen molar-refractivity contribution in [2.45, 2.75) is 68.0 Å². The van der Waals surface area contributed by atoms with Gasteiger partial charge in [0.05, 0.1) is 0 Å². The zero-order valence-electron chi connectivity index (χ0n) is 10.1. The maximum atomic E-state index is 10.3. The number of carboxylic acids is 1. The van der Waals surface area contributed by atoms with Crippen molar-refractivity contribution < 1.29 is 9.90 Å². The Labute approximate surface area is 119 Å². The number of rotatable bonds is 10. The van der Waals surface area contributed by atoms with E-state index in [0.29, 0.717) is 12.8 Å². The van der Waals surface area contributed by atoms with Crippen molar-refractivity contribution in [2.75, 3.05) is 0 Å². The molecule has 0 saturated carbocycles. The fourth-order valence-electron chi connectivity index (χ4n) is 1.66. The van der Waals surface area contributed by atoms with Gasteiger partial charge < -0.3 is 5.11 Å². The van der Waals surface area contributed by atoms with Crippen molar-refractivity contribution in [2.24, 2.45) is 0 Å². The first-order chi connectivity index (χ1) is 7.92. The summed E-state index contributed by atoms with van der Waals surface area (Å²) >= 11 is 16.9. The highest BCUT2D eigenvalue weighted by molar-refractivity contribution is 6.67. The monoisotopic (exact) mass is 302 g/mol. The Kier molecular flexibility index (Phi) is 10.5. The summed E-state index contributed by atoms with van der Waals surface area (Å²) < 4.78 is -1.10. The summed E-state index contributed by atoms with van der Waals surface area (Å²) in [4.78, 5) is 10.3. The highest BCUT2D eigenvalue weighted by Gasteiger charge is 2.17. The normalized spacial score (nSPS) is 11.7. The van der Waals surface area contributed by atoms with Crippen molar-refractivity contribution in [1.29, 1.82) is 0 Å². The van der Waals surface area contributed by atoms with Crippen molar-refractivity contribution in [1.82, 2.24) is 0 Å². The Morgan fingerprint density at radius 3 is 1.65 bits per heavy atom. The van der Waals surface area contributed by atoms with Gasteiger partial charge in [0.2, 0.25) is 0 Å². The van der Waals surface area contributed by atoms with Crippen LogP contribution in [0.3, 0.4) is 0 Å². The minimum absolute atomic E-state index is 0.295. The van der Waals surface area contributed by atoms with Crippen LogP contribution in [0.1, 0.15) is 64.2 Å². The average Bonchev–Trinajstić information content (AvgIpc) is 2.18. The van der Waals surface area contributed by atoms with Crippen LogP contribution in [0, 0.1) is 0 Å². The van der Waals surface area contributed by atoms with E-state index in [1.807, 2.05) is 0 Å². The summed E-state index contributed by atoms with van der Waals surface area (Å²) in [6, 6.07) is 0. The molecular formula is C12H21Cl3O2. The van der Waals surface area contributed by atoms with Crippen molar-refractivity contribution >= 4 is 40.8 Å². The summed E-state index contributed by atoms with van der Waals surface area (Å²) in [6.07, 6.45) is 9.43. The van der Waals surface area contributed by atoms with Gasteiger partial charge in [-0.05, 0) is 19.3 Å². The maximum absolute atomic E-state index is 10.3. The van der Waals surface area contributed by atoms with Gasteiger partial charge in [0.25, 0.3) is 0 Å². The molecule has 0 aromatic heterocycles. The first-order valence-electron chi connectivity index (χ1n) is 6.20. The molecule has 5 heteroatoms. The van der Waals surface area contributed by atoms with Gasteiger partial charge in [-0.1, -0.05) is 73.3 Å². The number of hydrogen-bond acceptors (Lipinski definition) is 1. The predicted molar refractivity (Wildman–Crippen MR) is 74.1 cm³/mol. The van der Waals surface area contributed by atoms with Crippen molar-refractivity contribution in [3.8, 4) is 0 Å². The summed E-state index contributed by atoms with van der Waals surface area (Å²) in [5.41, 5.74) is 0. The van der Waals surface area contributed by atoms with Crippen LogP contribution in [0.4, 0.5) is 0 Å². The van der Waals surface area contributed by atoms with E-state index in [9.17, 15) is 4.79 Å². The van der Waals surface area contributed by atoms with Gasteiger partial charge in [-0.15, -0.1) is 0 Å². The third-order valence-corrected chi connectivity index (χ3v) is 3.17. The highest BCUT2D eigenvalue weighted by atomic mass is 35.6. The molecule has 102 valence electrons. The van der Waals surface area contributed by atoms with E-state index in [-0.39, 0.29) is 0 Å². The van der Waals surface area contributed by atoms with Crippen LogP contribution in [0.15, 0.2) is 0 Å². The van der Waals surface area contributed by atoms with Gasteiger partial charge in [0.1, 0.15) is 0 Å². The summed E-state index contributed by atoms with van der Waals surface area (Å²) in [5.74, 6) is -0.697. The smallest absolute Gasteiger partial charge is 0.303 e. The van der Waals surface area contributed by atoms with Crippen molar-refractivity contribution in [3.05, 3.63) is 0 Å². The molecule has 0 rings (SSSR count). The molecule has 0 aromatic carbocycles. The molecule has 0 aliphatic rings. The maximum Gasteiger partial charge on any atom is 0.303 e. The van der Waals surface area contributed by atoms with Crippen LogP contribution in [0.5, 0.6) is 0 Å². The van der Waals surface area contributed by atoms with Crippen LogP contribution < -0.4 is 0 Å². The average molecular weight is 304 g/mol. The lowest BCUT2D eigenvalue weighted by atomic mass is 10.1. The number of carboxylic acid groups (broad SMARTS) is 1. The molecule has 0 saturated heterocycles. The molecule has 0 unspecified atom stereocenters. The Morgan fingerprint density at radius 2 is 1.24 bits per heavy atom. The van der Waals surface area contributed by atoms with E-state index in [4.69, 9.17) is 39.9 Å². The van der Waals surface area contributed by atoms with Crippen LogP contribution in [0.25, 0.3) is 0 Å². The predicted octanol–water partition coefficient (Wildman–Crippen LogP) is 5.34. The number of unbranched alkanes of at least 4 members (excludes halogenated alkanes) is 7. The molecule has 0 amide bonds. The molecule has 0 atom stereocenters. The Hall–Kier alpha value is 0.340. The van der Waals surface area contributed by atoms with Gasteiger partial charge in [-0.3, -0.25) is 4.79 Å². The fourth-order valence-corrected chi connectivity index (χ4v) is 2.06. The molecule has 0 aromatic rings. The van der Waals surface area contributed by atoms with Gasteiger partial charge in [-0.25, -0.2) is 0 Å². The Balaban J connectivity index is 3.06. The second kappa shape index (κ2) is 10.3. The zero-order valence-corrected chi connectivity index (χ0v) is 12.3. The molecule has 2 nitrogen and oxygen atoms in total. The summed E-state index contributed by atoms with van der Waals surface area (Å²) in [6.45, 7) is 0. The molecule has 0 bridgehead atoms. The molecule has 17 heavy (non-hydrogen) atoms. The second-order valence-corrected chi connectivity index (χ2v) is 6.85. The number of aliphatic carboxylic acids is 1. The molecular weight excluding hydrogens is 282 g/mol. The minimum atomic E-state index is -1.10. The van der Waals surface area contributed by atoms with Crippen LogP contribution in [-0.2, 0) is 4.79 Å². The molecule has 0 heterocycles. The molecule has 0 aliphatic heterocycles. The van der Waals surface area contributed by atoms with E-state index in [0.717, 1.165) is 32.1 Å². The van der Waals surface area contributed by atoms with Gasteiger partial charge in [-0.2, -0.15) is 0 Å².